The highest BCUT2D eigenvalue weighted by Crippen LogP contribution is 2.41. The van der Waals surface area contributed by atoms with Gasteiger partial charge in [-0.2, -0.15) is 0 Å². The fourth-order valence-corrected chi connectivity index (χ4v) is 3.47. The number of pyridine rings is 1. The van der Waals surface area contributed by atoms with E-state index in [0.717, 1.165) is 15.2 Å². The lowest BCUT2D eigenvalue weighted by Gasteiger charge is -2.11. The lowest BCUT2D eigenvalue weighted by Crippen LogP contribution is -2.01. The molecule has 1 N–H and O–H groups in total. The minimum atomic E-state index is 0.499. The molecule has 6 heteroatoms. The van der Waals surface area contributed by atoms with E-state index in [4.69, 9.17) is 4.74 Å². The first kappa shape index (κ1) is 15.6. The molecule has 0 bridgehead atoms. The third-order valence-corrected chi connectivity index (χ3v) is 5.01. The normalized spacial score (nSPS) is 13.7. The van der Waals surface area contributed by atoms with Crippen molar-refractivity contribution in [3.63, 3.8) is 0 Å². The van der Waals surface area contributed by atoms with E-state index in [2.05, 4.69) is 36.6 Å². The molecule has 0 radical (unpaired) electrons. The Morgan fingerprint density at radius 2 is 2.08 bits per heavy atom. The first-order valence-corrected chi connectivity index (χ1v) is 9.50. The molecular formula is C18H16BrN3OS. The number of aromatic nitrogens is 2. The largest absolute Gasteiger partial charge is 0.485 e. The van der Waals surface area contributed by atoms with E-state index in [1.807, 2.05) is 36.4 Å². The third kappa shape index (κ3) is 3.76. The molecule has 1 aliphatic carbocycles. The summed E-state index contributed by atoms with van der Waals surface area (Å²) in [6.07, 6.45) is 4.27. The van der Waals surface area contributed by atoms with Gasteiger partial charge in [0.2, 0.25) is 0 Å². The molecule has 122 valence electrons. The molecule has 1 aliphatic rings. The molecule has 0 atom stereocenters. The van der Waals surface area contributed by atoms with Gasteiger partial charge in [0.05, 0.1) is 5.69 Å². The second-order valence-electron chi connectivity index (χ2n) is 5.75. The Bertz CT molecular complexity index is 833. The SMILES string of the molecule is Brc1cnc(Nc2nc(C3CC3)cs2)c(OCc2ccccc2)c1. The number of halogens is 1. The van der Waals surface area contributed by atoms with Gasteiger partial charge in [0.1, 0.15) is 6.61 Å². The van der Waals surface area contributed by atoms with E-state index >= 15 is 0 Å². The lowest BCUT2D eigenvalue weighted by molar-refractivity contribution is 0.306. The van der Waals surface area contributed by atoms with Crippen molar-refractivity contribution in [2.75, 3.05) is 5.32 Å². The van der Waals surface area contributed by atoms with E-state index in [-0.39, 0.29) is 0 Å². The molecule has 4 nitrogen and oxygen atoms in total. The van der Waals surface area contributed by atoms with Crippen LogP contribution in [0.15, 0.2) is 52.4 Å². The summed E-state index contributed by atoms with van der Waals surface area (Å²) in [5.41, 5.74) is 2.31. The van der Waals surface area contributed by atoms with Crippen LogP contribution in [0.2, 0.25) is 0 Å². The van der Waals surface area contributed by atoms with Crippen LogP contribution in [0.25, 0.3) is 0 Å². The quantitative estimate of drug-likeness (QED) is 0.592. The third-order valence-electron chi connectivity index (χ3n) is 3.80. The Kier molecular flexibility index (Phi) is 4.49. The van der Waals surface area contributed by atoms with Gasteiger partial charge in [0.15, 0.2) is 16.7 Å². The van der Waals surface area contributed by atoms with Crippen LogP contribution in [0, 0.1) is 0 Å². The average Bonchev–Trinajstić information content (AvgIpc) is 3.35. The minimum Gasteiger partial charge on any atom is -0.485 e. The molecular weight excluding hydrogens is 386 g/mol. The van der Waals surface area contributed by atoms with E-state index in [9.17, 15) is 0 Å². The Labute approximate surface area is 153 Å². The van der Waals surface area contributed by atoms with Crippen LogP contribution in [0.1, 0.15) is 30.0 Å². The highest BCUT2D eigenvalue weighted by atomic mass is 79.9. The highest BCUT2D eigenvalue weighted by Gasteiger charge is 2.26. The second kappa shape index (κ2) is 6.91. The number of hydrogen-bond donors (Lipinski definition) is 1. The number of rotatable bonds is 6. The molecule has 1 aromatic carbocycles. The van der Waals surface area contributed by atoms with Gasteiger partial charge >= 0.3 is 0 Å². The molecule has 4 rings (SSSR count). The molecule has 1 fully saturated rings. The van der Waals surface area contributed by atoms with Crippen LogP contribution in [0.5, 0.6) is 5.75 Å². The predicted molar refractivity (Wildman–Crippen MR) is 100 cm³/mol. The van der Waals surface area contributed by atoms with Crippen molar-refractivity contribution < 1.29 is 4.74 Å². The van der Waals surface area contributed by atoms with Crippen LogP contribution >= 0.6 is 27.3 Å². The Morgan fingerprint density at radius 1 is 1.25 bits per heavy atom. The molecule has 0 saturated heterocycles. The van der Waals surface area contributed by atoms with Gasteiger partial charge in [-0.05, 0) is 40.4 Å². The molecule has 2 heterocycles. The fourth-order valence-electron chi connectivity index (χ4n) is 2.37. The average molecular weight is 402 g/mol. The van der Waals surface area contributed by atoms with Gasteiger partial charge in [0, 0.05) is 22.0 Å². The van der Waals surface area contributed by atoms with Crippen LogP contribution in [-0.2, 0) is 6.61 Å². The summed E-state index contributed by atoms with van der Waals surface area (Å²) in [7, 11) is 0. The summed E-state index contributed by atoms with van der Waals surface area (Å²) in [4.78, 5) is 9.09. The molecule has 0 aliphatic heterocycles. The number of anilines is 2. The van der Waals surface area contributed by atoms with Crippen molar-refractivity contribution in [1.29, 1.82) is 0 Å². The summed E-state index contributed by atoms with van der Waals surface area (Å²) in [6, 6.07) is 12.0. The molecule has 1 saturated carbocycles. The number of ether oxygens (including phenoxy) is 1. The first-order chi connectivity index (χ1) is 11.8. The predicted octanol–water partition coefficient (Wildman–Crippen LogP) is 5.50. The minimum absolute atomic E-state index is 0.499. The first-order valence-electron chi connectivity index (χ1n) is 7.82. The second-order valence-corrected chi connectivity index (χ2v) is 7.53. The van der Waals surface area contributed by atoms with Gasteiger partial charge < -0.3 is 10.1 Å². The van der Waals surface area contributed by atoms with Gasteiger partial charge in [-0.3, -0.25) is 0 Å². The highest BCUT2D eigenvalue weighted by molar-refractivity contribution is 9.10. The van der Waals surface area contributed by atoms with E-state index in [1.165, 1.54) is 18.5 Å². The summed E-state index contributed by atoms with van der Waals surface area (Å²) < 4.78 is 6.85. The van der Waals surface area contributed by atoms with Crippen LogP contribution < -0.4 is 10.1 Å². The fraction of sp³-hybridized carbons (Fsp3) is 0.222. The van der Waals surface area contributed by atoms with Crippen LogP contribution in [0.3, 0.4) is 0 Å². The van der Waals surface area contributed by atoms with Crippen LogP contribution in [-0.4, -0.2) is 9.97 Å². The van der Waals surface area contributed by atoms with E-state index < -0.39 is 0 Å². The van der Waals surface area contributed by atoms with Crippen LogP contribution in [0.4, 0.5) is 10.9 Å². The number of nitrogens with zero attached hydrogens (tertiary/aromatic N) is 2. The number of benzene rings is 1. The maximum absolute atomic E-state index is 5.96. The van der Waals surface area contributed by atoms with Crippen molar-refractivity contribution >= 4 is 38.2 Å². The maximum Gasteiger partial charge on any atom is 0.188 e. The van der Waals surface area contributed by atoms with Crippen molar-refractivity contribution in [1.82, 2.24) is 9.97 Å². The van der Waals surface area contributed by atoms with Crippen molar-refractivity contribution in [3.05, 3.63) is 63.7 Å². The Balaban J connectivity index is 1.51. The van der Waals surface area contributed by atoms with Crippen molar-refractivity contribution in [2.45, 2.75) is 25.4 Å². The summed E-state index contributed by atoms with van der Waals surface area (Å²) in [5.74, 6) is 2.05. The number of hydrogen-bond acceptors (Lipinski definition) is 5. The van der Waals surface area contributed by atoms with Gasteiger partial charge in [-0.15, -0.1) is 11.3 Å². The Hall–Kier alpha value is -1.92. The summed E-state index contributed by atoms with van der Waals surface area (Å²) in [5, 5.41) is 6.28. The summed E-state index contributed by atoms with van der Waals surface area (Å²) >= 11 is 5.07. The van der Waals surface area contributed by atoms with Crippen molar-refractivity contribution in [3.8, 4) is 5.75 Å². The topological polar surface area (TPSA) is 47.0 Å². The lowest BCUT2D eigenvalue weighted by atomic mass is 10.2. The van der Waals surface area contributed by atoms with Gasteiger partial charge in [-0.1, -0.05) is 30.3 Å². The van der Waals surface area contributed by atoms with Gasteiger partial charge in [-0.25, -0.2) is 9.97 Å². The zero-order valence-corrected chi connectivity index (χ0v) is 15.3. The monoisotopic (exact) mass is 401 g/mol. The smallest absolute Gasteiger partial charge is 0.188 e. The summed E-state index contributed by atoms with van der Waals surface area (Å²) in [6.45, 7) is 0.499. The molecule has 0 spiro atoms. The number of thiazole rings is 1. The zero-order valence-electron chi connectivity index (χ0n) is 12.9. The molecule has 0 amide bonds. The molecule has 0 unspecified atom stereocenters. The standard InChI is InChI=1S/C18H16BrN3OS/c19-14-8-16(23-10-12-4-2-1-3-5-12)17(20-9-14)22-18-21-15(11-24-18)13-6-7-13/h1-5,8-9,11,13H,6-7,10H2,(H,20,21,22). The van der Waals surface area contributed by atoms with E-state index in [0.29, 0.717) is 24.1 Å². The van der Waals surface area contributed by atoms with E-state index in [1.54, 1.807) is 17.5 Å². The zero-order chi connectivity index (χ0) is 16.4. The van der Waals surface area contributed by atoms with Crippen molar-refractivity contribution in [2.24, 2.45) is 0 Å². The van der Waals surface area contributed by atoms with Gasteiger partial charge in [0.25, 0.3) is 0 Å². The molecule has 2 aromatic heterocycles. The molecule has 3 aromatic rings. The Morgan fingerprint density at radius 3 is 2.88 bits per heavy atom. The molecule has 24 heavy (non-hydrogen) atoms. The number of nitrogens with one attached hydrogen (secondary N) is 1. The maximum atomic E-state index is 5.96.